The van der Waals surface area contributed by atoms with E-state index in [4.69, 9.17) is 5.73 Å². The Morgan fingerprint density at radius 2 is 1.88 bits per heavy atom. The number of sulfonamides is 1. The van der Waals surface area contributed by atoms with Crippen molar-refractivity contribution in [2.24, 2.45) is 0 Å². The van der Waals surface area contributed by atoms with E-state index in [-0.39, 0.29) is 30.3 Å². The second-order valence-corrected chi connectivity index (χ2v) is 9.30. The van der Waals surface area contributed by atoms with Crippen molar-refractivity contribution in [3.05, 3.63) is 42.2 Å². The number of hydrogen-bond donors (Lipinski definition) is 2. The summed E-state index contributed by atoms with van der Waals surface area (Å²) in [5.41, 5.74) is 2.08. The molecule has 8 nitrogen and oxygen atoms in total. The molecule has 1 saturated heterocycles. The van der Waals surface area contributed by atoms with Crippen LogP contribution in [0.4, 0.5) is 24.8 Å². The van der Waals surface area contributed by atoms with Crippen LogP contribution in [0.5, 0.6) is 0 Å². The predicted octanol–water partition coefficient (Wildman–Crippen LogP) is 1.73. The van der Waals surface area contributed by atoms with Gasteiger partial charge in [0.15, 0.2) is 5.60 Å². The van der Waals surface area contributed by atoms with Crippen LogP contribution in [0.1, 0.15) is 19.4 Å². The molecule has 0 aliphatic carbocycles. The number of rotatable bonds is 4. The maximum atomic E-state index is 13.1. The lowest BCUT2D eigenvalue weighted by molar-refractivity contribution is -0.259. The van der Waals surface area contributed by atoms with Gasteiger partial charge in [-0.05, 0) is 32.0 Å². The van der Waals surface area contributed by atoms with Gasteiger partial charge in [-0.3, -0.25) is 0 Å². The van der Waals surface area contributed by atoms with E-state index in [1.807, 2.05) is 0 Å². The SMILES string of the molecule is CC#CC1CN(S(=O)(=O)c2ccc(N)nc2)CCN1c1ccc(C(C)(O)C(F)(F)F)cn1. The van der Waals surface area contributed by atoms with E-state index in [1.54, 1.807) is 11.8 Å². The van der Waals surface area contributed by atoms with E-state index in [2.05, 4.69) is 21.8 Å². The summed E-state index contributed by atoms with van der Waals surface area (Å²) in [6, 6.07) is 4.70. The van der Waals surface area contributed by atoms with E-state index >= 15 is 0 Å². The zero-order valence-corrected chi connectivity index (χ0v) is 18.2. The molecule has 1 fully saturated rings. The maximum Gasteiger partial charge on any atom is 0.421 e. The standard InChI is InChI=1S/C20H22F3N5O3S/c1-3-4-15-13-27(32(30,31)16-6-7-17(24)25-12-16)9-10-28(15)18-8-5-14(11-26-18)19(2,29)20(21,22)23/h5-8,11-12,15,29H,9-10,13H2,1-2H3,(H2,24,25). The van der Waals surface area contributed by atoms with Crippen molar-refractivity contribution in [1.82, 2.24) is 14.3 Å². The van der Waals surface area contributed by atoms with Crippen molar-refractivity contribution in [1.29, 1.82) is 0 Å². The van der Waals surface area contributed by atoms with Crippen LogP contribution >= 0.6 is 0 Å². The molecule has 0 saturated carbocycles. The Morgan fingerprint density at radius 1 is 1.16 bits per heavy atom. The van der Waals surface area contributed by atoms with Crippen LogP contribution in [0, 0.1) is 11.8 Å². The first-order valence-corrected chi connectivity index (χ1v) is 11.0. The minimum absolute atomic E-state index is 0.000202. The molecule has 0 radical (unpaired) electrons. The quantitative estimate of drug-likeness (QED) is 0.656. The summed E-state index contributed by atoms with van der Waals surface area (Å²) in [6.07, 6.45) is -2.71. The first-order valence-electron chi connectivity index (χ1n) is 9.54. The second kappa shape index (κ2) is 8.57. The molecule has 3 rings (SSSR count). The number of nitrogens with zero attached hydrogens (tertiary/aromatic N) is 4. The molecule has 32 heavy (non-hydrogen) atoms. The van der Waals surface area contributed by atoms with Crippen LogP contribution in [0.25, 0.3) is 0 Å². The maximum absolute atomic E-state index is 13.1. The molecule has 1 aliphatic rings. The molecule has 3 heterocycles. The minimum atomic E-state index is -4.86. The fraction of sp³-hybridized carbons (Fsp3) is 0.400. The third kappa shape index (κ3) is 4.50. The highest BCUT2D eigenvalue weighted by Gasteiger charge is 2.51. The summed E-state index contributed by atoms with van der Waals surface area (Å²) in [7, 11) is -3.84. The minimum Gasteiger partial charge on any atom is -0.384 e. The Balaban J connectivity index is 1.84. The molecule has 12 heteroatoms. The number of nitrogen functional groups attached to an aromatic ring is 1. The highest BCUT2D eigenvalue weighted by atomic mass is 32.2. The van der Waals surface area contributed by atoms with Crippen molar-refractivity contribution < 1.29 is 26.7 Å². The third-order valence-electron chi connectivity index (χ3n) is 5.21. The van der Waals surface area contributed by atoms with Gasteiger partial charge in [-0.2, -0.15) is 17.5 Å². The molecule has 172 valence electrons. The first kappa shape index (κ1) is 23.8. The van der Waals surface area contributed by atoms with Gasteiger partial charge < -0.3 is 15.7 Å². The van der Waals surface area contributed by atoms with Gasteiger partial charge in [0.25, 0.3) is 0 Å². The summed E-state index contributed by atoms with van der Waals surface area (Å²) >= 11 is 0. The van der Waals surface area contributed by atoms with Crippen LogP contribution < -0.4 is 10.6 Å². The highest BCUT2D eigenvalue weighted by Crippen LogP contribution is 2.38. The normalized spacial score (nSPS) is 19.7. The average Bonchev–Trinajstić information content (AvgIpc) is 2.73. The van der Waals surface area contributed by atoms with E-state index in [1.165, 1.54) is 28.7 Å². The number of hydrogen-bond acceptors (Lipinski definition) is 7. The number of nitrogens with two attached hydrogens (primary N) is 1. The van der Waals surface area contributed by atoms with Crippen molar-refractivity contribution in [3.63, 3.8) is 0 Å². The van der Waals surface area contributed by atoms with Crippen molar-refractivity contribution in [2.45, 2.75) is 36.6 Å². The topological polar surface area (TPSA) is 113 Å². The molecule has 0 amide bonds. The Labute approximate surface area is 183 Å². The third-order valence-corrected chi connectivity index (χ3v) is 7.06. The Hall–Kier alpha value is -2.88. The molecule has 0 aromatic carbocycles. The van der Waals surface area contributed by atoms with Gasteiger partial charge in [-0.25, -0.2) is 18.4 Å². The molecule has 2 aromatic rings. The fourth-order valence-corrected chi connectivity index (χ4v) is 4.63. The Kier molecular flexibility index (Phi) is 6.37. The Morgan fingerprint density at radius 3 is 2.41 bits per heavy atom. The van der Waals surface area contributed by atoms with Crippen LogP contribution in [0.15, 0.2) is 41.6 Å². The van der Waals surface area contributed by atoms with Gasteiger partial charge >= 0.3 is 6.18 Å². The van der Waals surface area contributed by atoms with Gasteiger partial charge in [0.05, 0.1) is 0 Å². The summed E-state index contributed by atoms with van der Waals surface area (Å²) in [5.74, 6) is 6.20. The Bertz CT molecular complexity index is 1120. The molecule has 2 aromatic heterocycles. The van der Waals surface area contributed by atoms with E-state index in [9.17, 15) is 26.7 Å². The number of alkyl halides is 3. The van der Waals surface area contributed by atoms with E-state index in [0.717, 1.165) is 12.3 Å². The number of pyridine rings is 2. The number of halogens is 3. The zero-order valence-electron chi connectivity index (χ0n) is 17.3. The molecule has 2 unspecified atom stereocenters. The molecule has 0 spiro atoms. The zero-order chi connectivity index (χ0) is 23.7. The summed E-state index contributed by atoms with van der Waals surface area (Å²) < 4.78 is 66.4. The average molecular weight is 469 g/mol. The van der Waals surface area contributed by atoms with E-state index < -0.39 is 33.4 Å². The van der Waals surface area contributed by atoms with Gasteiger partial charge in [-0.1, -0.05) is 12.0 Å². The number of anilines is 2. The van der Waals surface area contributed by atoms with Crippen molar-refractivity contribution in [3.8, 4) is 11.8 Å². The molecular formula is C20H22F3N5O3S. The van der Waals surface area contributed by atoms with Gasteiger partial charge in [0, 0.05) is 37.6 Å². The summed E-state index contributed by atoms with van der Waals surface area (Å²) in [6.45, 7) is 2.61. The lowest BCUT2D eigenvalue weighted by atomic mass is 9.97. The van der Waals surface area contributed by atoms with Crippen LogP contribution in [0.2, 0.25) is 0 Å². The number of aromatic nitrogens is 2. The summed E-state index contributed by atoms with van der Waals surface area (Å²) in [5, 5.41) is 9.82. The highest BCUT2D eigenvalue weighted by molar-refractivity contribution is 7.89. The van der Waals surface area contributed by atoms with Crippen LogP contribution in [0.3, 0.4) is 0 Å². The molecule has 1 aliphatic heterocycles. The van der Waals surface area contributed by atoms with E-state index in [0.29, 0.717) is 12.7 Å². The fourth-order valence-electron chi connectivity index (χ4n) is 3.24. The van der Waals surface area contributed by atoms with Gasteiger partial charge in [0.2, 0.25) is 10.0 Å². The monoisotopic (exact) mass is 469 g/mol. The molecule has 2 atom stereocenters. The van der Waals surface area contributed by atoms with Crippen LogP contribution in [-0.2, 0) is 15.6 Å². The molecule has 3 N–H and O–H groups in total. The van der Waals surface area contributed by atoms with Crippen molar-refractivity contribution in [2.75, 3.05) is 30.3 Å². The lowest BCUT2D eigenvalue weighted by Crippen LogP contribution is -2.54. The predicted molar refractivity (Wildman–Crippen MR) is 112 cm³/mol. The number of piperazine rings is 1. The van der Waals surface area contributed by atoms with Crippen molar-refractivity contribution >= 4 is 21.7 Å². The second-order valence-electron chi connectivity index (χ2n) is 7.36. The smallest absolute Gasteiger partial charge is 0.384 e. The van der Waals surface area contributed by atoms with Crippen LogP contribution in [-0.4, -0.2) is 59.6 Å². The molecular weight excluding hydrogens is 447 g/mol. The first-order chi connectivity index (χ1) is 14.9. The summed E-state index contributed by atoms with van der Waals surface area (Å²) in [4.78, 5) is 9.62. The van der Waals surface area contributed by atoms with Gasteiger partial charge in [-0.15, -0.1) is 5.92 Å². The molecule has 0 bridgehead atoms. The lowest BCUT2D eigenvalue weighted by Gasteiger charge is -2.39. The number of aliphatic hydroxyl groups is 1. The largest absolute Gasteiger partial charge is 0.421 e. The van der Waals surface area contributed by atoms with Gasteiger partial charge in [0.1, 0.15) is 22.6 Å².